The lowest BCUT2D eigenvalue weighted by Gasteiger charge is -2.23. The lowest BCUT2D eigenvalue weighted by molar-refractivity contribution is 0.583. The molecule has 2 aromatic carbocycles. The first-order valence-corrected chi connectivity index (χ1v) is 9.79. The molecule has 2 N–H and O–H groups in total. The van der Waals surface area contributed by atoms with Gasteiger partial charge in [0, 0.05) is 11.9 Å². The first-order chi connectivity index (χ1) is 10.9. The van der Waals surface area contributed by atoms with Crippen molar-refractivity contribution in [3.05, 3.63) is 62.3 Å². The fourth-order valence-corrected chi connectivity index (χ4v) is 4.70. The molecule has 0 bridgehead atoms. The van der Waals surface area contributed by atoms with Crippen LogP contribution in [0, 0.1) is 10.4 Å². The second-order valence-corrected chi connectivity index (χ2v) is 8.80. The minimum Gasteiger partial charge on any atom is -0.398 e. The molecule has 1 atom stereocenters. The van der Waals surface area contributed by atoms with E-state index >= 15 is 0 Å². The molecule has 0 saturated heterocycles. The van der Waals surface area contributed by atoms with Gasteiger partial charge in [-0.05, 0) is 57.3 Å². The van der Waals surface area contributed by atoms with Gasteiger partial charge in [0.05, 0.1) is 5.25 Å². The lowest BCUT2D eigenvalue weighted by Crippen LogP contribution is -2.32. The minimum atomic E-state index is -3.05. The monoisotopic (exact) mass is 325 g/mol. The van der Waals surface area contributed by atoms with E-state index in [-0.39, 0.29) is 5.25 Å². The average Bonchev–Trinajstić information content (AvgIpc) is 2.53. The van der Waals surface area contributed by atoms with E-state index in [1.165, 1.54) is 22.3 Å². The zero-order valence-corrected chi connectivity index (χ0v) is 13.9. The number of rotatable bonds is 1. The smallest absolute Gasteiger partial charge is 0.150 e. The highest BCUT2D eigenvalue weighted by molar-refractivity contribution is 7.91. The van der Waals surface area contributed by atoms with Crippen molar-refractivity contribution < 1.29 is 8.42 Å². The van der Waals surface area contributed by atoms with Crippen LogP contribution in [0.2, 0.25) is 0 Å². The van der Waals surface area contributed by atoms with E-state index in [4.69, 9.17) is 5.73 Å². The number of hydrogen-bond donors (Lipinski definition) is 1. The van der Waals surface area contributed by atoms with Gasteiger partial charge in [-0.2, -0.15) is 0 Å². The summed E-state index contributed by atoms with van der Waals surface area (Å²) in [5.74, 6) is 0. The SMILES string of the molecule is CS(=O)(=O)C1CC=c2c(N)cc3c(c2C1)CC=c1ccccc1=3. The molecule has 0 amide bonds. The van der Waals surface area contributed by atoms with Gasteiger partial charge >= 0.3 is 0 Å². The highest BCUT2D eigenvalue weighted by Gasteiger charge is 2.26. The number of nitrogens with two attached hydrogens (primary N) is 1. The molecule has 3 nitrogen and oxygen atoms in total. The maximum absolute atomic E-state index is 12.0. The highest BCUT2D eigenvalue weighted by atomic mass is 32.2. The molecule has 0 aliphatic heterocycles. The summed E-state index contributed by atoms with van der Waals surface area (Å²) in [4.78, 5) is 0. The van der Waals surface area contributed by atoms with Crippen LogP contribution in [0.3, 0.4) is 0 Å². The van der Waals surface area contributed by atoms with Crippen LogP contribution in [-0.4, -0.2) is 19.9 Å². The highest BCUT2D eigenvalue weighted by Crippen LogP contribution is 2.23. The number of nitrogen functional groups attached to an aromatic ring is 1. The molecule has 0 saturated carbocycles. The van der Waals surface area contributed by atoms with Crippen molar-refractivity contribution in [3.8, 4) is 0 Å². The minimum absolute atomic E-state index is 0.335. The van der Waals surface area contributed by atoms with Crippen molar-refractivity contribution in [1.82, 2.24) is 0 Å². The first kappa shape index (κ1) is 14.5. The normalized spacial score (nSPS) is 18.9. The predicted molar refractivity (Wildman–Crippen MR) is 93.8 cm³/mol. The summed E-state index contributed by atoms with van der Waals surface area (Å²) in [5.41, 5.74) is 9.39. The predicted octanol–water partition coefficient (Wildman–Crippen LogP) is 1.03. The van der Waals surface area contributed by atoms with Gasteiger partial charge in [0.25, 0.3) is 0 Å². The number of sulfone groups is 1. The molecule has 2 aliphatic rings. The molecule has 4 rings (SSSR count). The summed E-state index contributed by atoms with van der Waals surface area (Å²) >= 11 is 0. The molecule has 0 fully saturated rings. The van der Waals surface area contributed by atoms with Crippen LogP contribution in [-0.2, 0) is 22.7 Å². The van der Waals surface area contributed by atoms with E-state index < -0.39 is 9.84 Å². The van der Waals surface area contributed by atoms with Gasteiger partial charge in [0.1, 0.15) is 0 Å². The Hall–Kier alpha value is -2.07. The Balaban J connectivity index is 2.10. The molecule has 23 heavy (non-hydrogen) atoms. The lowest BCUT2D eigenvalue weighted by atomic mass is 9.88. The Bertz CT molecular complexity index is 1130. The third kappa shape index (κ3) is 2.29. The second kappa shape index (κ2) is 4.96. The van der Waals surface area contributed by atoms with Crippen LogP contribution >= 0.6 is 0 Å². The molecule has 118 valence electrons. The molecular weight excluding hydrogens is 306 g/mol. The molecule has 2 aliphatic carbocycles. The summed E-state index contributed by atoms with van der Waals surface area (Å²) in [5, 5.41) is 4.26. The van der Waals surface area contributed by atoms with E-state index in [0.29, 0.717) is 12.8 Å². The van der Waals surface area contributed by atoms with Gasteiger partial charge < -0.3 is 5.73 Å². The second-order valence-electron chi connectivity index (χ2n) is 6.48. The van der Waals surface area contributed by atoms with E-state index in [9.17, 15) is 8.42 Å². The molecular formula is C19H19NO2S. The van der Waals surface area contributed by atoms with E-state index in [1.54, 1.807) is 0 Å². The fraction of sp³-hybridized carbons (Fsp3) is 0.263. The van der Waals surface area contributed by atoms with E-state index in [2.05, 4.69) is 24.3 Å². The van der Waals surface area contributed by atoms with Crippen LogP contribution in [0.1, 0.15) is 17.5 Å². The Morgan fingerprint density at radius 1 is 1.09 bits per heavy atom. The molecule has 1 unspecified atom stereocenters. The van der Waals surface area contributed by atoms with Gasteiger partial charge in [-0.25, -0.2) is 8.42 Å². The van der Waals surface area contributed by atoms with Crippen LogP contribution in [0.5, 0.6) is 0 Å². The zero-order valence-electron chi connectivity index (χ0n) is 13.0. The third-order valence-electron chi connectivity index (χ3n) is 5.02. The van der Waals surface area contributed by atoms with Crippen LogP contribution in [0.4, 0.5) is 5.69 Å². The summed E-state index contributed by atoms with van der Waals surface area (Å²) in [6.07, 6.45) is 7.50. The van der Waals surface area contributed by atoms with Crippen molar-refractivity contribution in [1.29, 1.82) is 0 Å². The fourth-order valence-electron chi connectivity index (χ4n) is 3.79. The van der Waals surface area contributed by atoms with Crippen LogP contribution in [0.15, 0.2) is 30.3 Å². The third-order valence-corrected chi connectivity index (χ3v) is 6.59. The Labute approximate surface area is 135 Å². The van der Waals surface area contributed by atoms with E-state index in [0.717, 1.165) is 28.1 Å². The average molecular weight is 325 g/mol. The standard InChI is InChI=1S/C19H19NO2S/c1-23(21,22)13-7-9-16-17(10-13)15-8-6-12-4-2-3-5-14(12)18(15)11-19(16)20/h2-6,9,11,13H,7-8,10,20H2,1H3. The van der Waals surface area contributed by atoms with Gasteiger partial charge in [0.2, 0.25) is 0 Å². The zero-order chi connectivity index (χ0) is 16.2. The number of benzene rings is 2. The van der Waals surface area contributed by atoms with Gasteiger partial charge in [-0.1, -0.05) is 36.4 Å². The molecule has 0 aromatic heterocycles. The summed E-state index contributed by atoms with van der Waals surface area (Å²) < 4.78 is 24.0. The summed E-state index contributed by atoms with van der Waals surface area (Å²) in [6.45, 7) is 0. The number of hydrogen-bond acceptors (Lipinski definition) is 3. The van der Waals surface area contributed by atoms with Gasteiger partial charge in [-0.15, -0.1) is 0 Å². The van der Waals surface area contributed by atoms with Crippen LogP contribution in [0.25, 0.3) is 12.2 Å². The maximum Gasteiger partial charge on any atom is 0.150 e. The van der Waals surface area contributed by atoms with Crippen molar-refractivity contribution in [3.63, 3.8) is 0 Å². The van der Waals surface area contributed by atoms with Gasteiger partial charge in [0.15, 0.2) is 9.84 Å². The number of anilines is 1. The molecule has 0 heterocycles. The van der Waals surface area contributed by atoms with Crippen LogP contribution < -0.4 is 16.2 Å². The van der Waals surface area contributed by atoms with Crippen molar-refractivity contribution in [2.75, 3.05) is 12.0 Å². The summed E-state index contributed by atoms with van der Waals surface area (Å²) in [7, 11) is -3.05. The maximum atomic E-state index is 12.0. The van der Waals surface area contributed by atoms with Crippen molar-refractivity contribution in [2.45, 2.75) is 24.5 Å². The first-order valence-electron chi connectivity index (χ1n) is 7.84. The van der Waals surface area contributed by atoms with Crippen molar-refractivity contribution >= 4 is 27.7 Å². The number of fused-ring (bicyclic) bond motifs is 4. The quantitative estimate of drug-likeness (QED) is 0.797. The largest absolute Gasteiger partial charge is 0.398 e. The Morgan fingerprint density at radius 2 is 1.87 bits per heavy atom. The Morgan fingerprint density at radius 3 is 2.65 bits per heavy atom. The van der Waals surface area contributed by atoms with Crippen molar-refractivity contribution in [2.24, 2.45) is 0 Å². The van der Waals surface area contributed by atoms with Gasteiger partial charge in [-0.3, -0.25) is 0 Å². The molecule has 0 radical (unpaired) electrons. The van der Waals surface area contributed by atoms with E-state index in [1.807, 2.05) is 18.2 Å². The molecule has 2 aromatic rings. The topological polar surface area (TPSA) is 60.2 Å². The molecule has 0 spiro atoms. The molecule has 4 heteroatoms. The Kier molecular flexibility index (Phi) is 3.13. The summed E-state index contributed by atoms with van der Waals surface area (Å²) in [6, 6.07) is 10.3.